The molecule has 3 rings (SSSR count). The molecule has 0 aliphatic carbocycles. The highest BCUT2D eigenvalue weighted by atomic mass is 35.5. The van der Waals surface area contributed by atoms with Crippen LogP contribution in [-0.2, 0) is 9.59 Å². The Labute approximate surface area is 199 Å². The molecule has 32 heavy (non-hydrogen) atoms. The zero-order valence-corrected chi connectivity index (χ0v) is 20.1. The van der Waals surface area contributed by atoms with Gasteiger partial charge in [0.15, 0.2) is 0 Å². The minimum absolute atomic E-state index is 0. The van der Waals surface area contributed by atoms with E-state index < -0.39 is 0 Å². The van der Waals surface area contributed by atoms with E-state index in [1.807, 2.05) is 0 Å². The highest BCUT2D eigenvalue weighted by molar-refractivity contribution is 6.01. The predicted molar refractivity (Wildman–Crippen MR) is 133 cm³/mol. The smallest absolute Gasteiger partial charge is 0.249 e. The first-order valence-electron chi connectivity index (χ1n) is 12.3. The number of hydrogen-bond acceptors (Lipinski definition) is 5. The van der Waals surface area contributed by atoms with Crippen LogP contribution >= 0.6 is 12.4 Å². The van der Waals surface area contributed by atoms with Crippen LogP contribution in [0.3, 0.4) is 0 Å². The standard InChI is InChI=1S/C25H40N4O2.ClH/c26-16-6-4-2-1-3-5-7-17-29-18-14-21(15-19-29)20-8-10-22(11-9-20)27-23-12-13-24(30)28-25(23)31;/h8-11,21,23,27H,1-7,12-19,26H2,(H,28,30,31);1H. The van der Waals surface area contributed by atoms with Gasteiger partial charge in [-0.3, -0.25) is 14.9 Å². The summed E-state index contributed by atoms with van der Waals surface area (Å²) in [7, 11) is 0. The van der Waals surface area contributed by atoms with Crippen LogP contribution in [0.4, 0.5) is 5.69 Å². The Morgan fingerprint density at radius 2 is 1.53 bits per heavy atom. The molecule has 1 aromatic carbocycles. The van der Waals surface area contributed by atoms with E-state index in [1.165, 1.54) is 83.0 Å². The normalized spacial score (nSPS) is 20.0. The van der Waals surface area contributed by atoms with Gasteiger partial charge in [-0.25, -0.2) is 0 Å². The molecule has 1 unspecified atom stereocenters. The number of halogens is 1. The summed E-state index contributed by atoms with van der Waals surface area (Å²) in [5.41, 5.74) is 7.88. The van der Waals surface area contributed by atoms with Gasteiger partial charge in [-0.05, 0) is 81.9 Å². The molecule has 2 heterocycles. The minimum Gasteiger partial charge on any atom is -0.374 e. The molecule has 2 amide bonds. The molecule has 0 saturated carbocycles. The summed E-state index contributed by atoms with van der Waals surface area (Å²) in [4.78, 5) is 25.8. The number of piperidine rings is 2. The maximum atomic E-state index is 11.9. The Bertz CT molecular complexity index is 690. The lowest BCUT2D eigenvalue weighted by Crippen LogP contribution is -2.47. The first-order chi connectivity index (χ1) is 15.2. The maximum absolute atomic E-state index is 11.9. The lowest BCUT2D eigenvalue weighted by atomic mass is 9.89. The van der Waals surface area contributed by atoms with E-state index in [-0.39, 0.29) is 30.3 Å². The molecule has 1 atom stereocenters. The third-order valence-electron chi connectivity index (χ3n) is 6.73. The third kappa shape index (κ3) is 8.72. The molecule has 2 saturated heterocycles. The number of anilines is 1. The summed E-state index contributed by atoms with van der Waals surface area (Å²) in [5.74, 6) is 0.228. The number of nitrogens with two attached hydrogens (primary N) is 1. The Kier molecular flexibility index (Phi) is 12.1. The fourth-order valence-corrected chi connectivity index (χ4v) is 4.74. The van der Waals surface area contributed by atoms with E-state index in [0.29, 0.717) is 18.8 Å². The van der Waals surface area contributed by atoms with Crippen molar-refractivity contribution in [1.29, 1.82) is 0 Å². The number of imide groups is 1. The number of unbranched alkanes of at least 4 members (excludes halogenated alkanes) is 6. The number of hydrogen-bond donors (Lipinski definition) is 3. The molecule has 0 spiro atoms. The van der Waals surface area contributed by atoms with Crippen LogP contribution in [0.2, 0.25) is 0 Å². The number of carbonyl (C=O) groups excluding carboxylic acids is 2. The molecule has 0 radical (unpaired) electrons. The largest absolute Gasteiger partial charge is 0.374 e. The second-order valence-electron chi connectivity index (χ2n) is 9.15. The van der Waals surface area contributed by atoms with Crippen LogP contribution in [0.25, 0.3) is 0 Å². The van der Waals surface area contributed by atoms with Crippen molar-refractivity contribution in [3.8, 4) is 0 Å². The van der Waals surface area contributed by atoms with Crippen molar-refractivity contribution in [1.82, 2.24) is 10.2 Å². The molecular weight excluding hydrogens is 424 g/mol. The van der Waals surface area contributed by atoms with Crippen LogP contribution < -0.4 is 16.4 Å². The number of amides is 2. The monoisotopic (exact) mass is 464 g/mol. The van der Waals surface area contributed by atoms with Crippen molar-refractivity contribution in [2.24, 2.45) is 5.73 Å². The Morgan fingerprint density at radius 3 is 2.16 bits per heavy atom. The van der Waals surface area contributed by atoms with E-state index in [4.69, 9.17) is 5.73 Å². The second-order valence-corrected chi connectivity index (χ2v) is 9.15. The van der Waals surface area contributed by atoms with Crippen LogP contribution in [0.5, 0.6) is 0 Å². The van der Waals surface area contributed by atoms with Crippen molar-refractivity contribution in [2.75, 3.05) is 31.5 Å². The molecule has 4 N–H and O–H groups in total. The number of rotatable bonds is 12. The molecule has 180 valence electrons. The van der Waals surface area contributed by atoms with Crippen LogP contribution in [0, 0.1) is 0 Å². The summed E-state index contributed by atoms with van der Waals surface area (Å²) in [5, 5.41) is 5.66. The quantitative estimate of drug-likeness (QED) is 0.319. The fraction of sp³-hybridized carbons (Fsp3) is 0.680. The van der Waals surface area contributed by atoms with Gasteiger partial charge in [0.1, 0.15) is 6.04 Å². The van der Waals surface area contributed by atoms with Gasteiger partial charge < -0.3 is 16.0 Å². The van der Waals surface area contributed by atoms with Crippen LogP contribution in [-0.4, -0.2) is 48.9 Å². The third-order valence-corrected chi connectivity index (χ3v) is 6.73. The highest BCUT2D eigenvalue weighted by Gasteiger charge is 2.26. The summed E-state index contributed by atoms with van der Waals surface area (Å²) < 4.78 is 0. The van der Waals surface area contributed by atoms with E-state index in [1.54, 1.807) is 0 Å². The number of nitrogens with one attached hydrogen (secondary N) is 2. The van der Waals surface area contributed by atoms with E-state index >= 15 is 0 Å². The lowest BCUT2D eigenvalue weighted by Gasteiger charge is -2.32. The molecule has 0 aromatic heterocycles. The van der Waals surface area contributed by atoms with Gasteiger partial charge >= 0.3 is 0 Å². The average molecular weight is 465 g/mol. The summed E-state index contributed by atoms with van der Waals surface area (Å²) in [6.07, 6.45) is 12.6. The van der Waals surface area contributed by atoms with E-state index in [2.05, 4.69) is 39.8 Å². The van der Waals surface area contributed by atoms with Gasteiger partial charge in [-0.15, -0.1) is 12.4 Å². The molecule has 6 nitrogen and oxygen atoms in total. The van der Waals surface area contributed by atoms with Gasteiger partial charge in [0.25, 0.3) is 0 Å². The van der Waals surface area contributed by atoms with Crippen molar-refractivity contribution < 1.29 is 9.59 Å². The summed E-state index contributed by atoms with van der Waals surface area (Å²) in [6, 6.07) is 8.20. The van der Waals surface area contributed by atoms with Crippen LogP contribution in [0.15, 0.2) is 24.3 Å². The van der Waals surface area contributed by atoms with Gasteiger partial charge in [0.2, 0.25) is 11.8 Å². The van der Waals surface area contributed by atoms with Gasteiger partial charge in [-0.1, -0.05) is 44.2 Å². The van der Waals surface area contributed by atoms with Gasteiger partial charge in [-0.2, -0.15) is 0 Å². The van der Waals surface area contributed by atoms with Crippen molar-refractivity contribution >= 4 is 29.9 Å². The molecule has 2 aliphatic rings. The predicted octanol–water partition coefficient (Wildman–Crippen LogP) is 4.19. The molecule has 2 aliphatic heterocycles. The van der Waals surface area contributed by atoms with Gasteiger partial charge in [0.05, 0.1) is 0 Å². The molecule has 2 fully saturated rings. The Balaban J connectivity index is 0.00000363. The molecular formula is C25H41ClN4O2. The zero-order chi connectivity index (χ0) is 21.9. The second kappa shape index (κ2) is 14.5. The maximum Gasteiger partial charge on any atom is 0.249 e. The van der Waals surface area contributed by atoms with Crippen LogP contribution in [0.1, 0.15) is 82.1 Å². The summed E-state index contributed by atoms with van der Waals surface area (Å²) >= 11 is 0. The lowest BCUT2D eigenvalue weighted by molar-refractivity contribution is -0.133. The van der Waals surface area contributed by atoms with Crippen molar-refractivity contribution in [3.63, 3.8) is 0 Å². The fourth-order valence-electron chi connectivity index (χ4n) is 4.74. The number of nitrogens with zero attached hydrogens (tertiary/aromatic N) is 1. The topological polar surface area (TPSA) is 87.5 Å². The number of carbonyl (C=O) groups is 2. The van der Waals surface area contributed by atoms with E-state index in [9.17, 15) is 9.59 Å². The zero-order valence-electron chi connectivity index (χ0n) is 19.3. The molecule has 7 heteroatoms. The Morgan fingerprint density at radius 1 is 0.906 bits per heavy atom. The number of benzene rings is 1. The summed E-state index contributed by atoms with van der Waals surface area (Å²) in [6.45, 7) is 4.46. The average Bonchev–Trinajstić information content (AvgIpc) is 2.78. The Hall–Kier alpha value is -1.63. The first-order valence-corrected chi connectivity index (χ1v) is 12.3. The van der Waals surface area contributed by atoms with E-state index in [0.717, 1.165) is 12.2 Å². The minimum atomic E-state index is -0.322. The van der Waals surface area contributed by atoms with Crippen molar-refractivity contribution in [3.05, 3.63) is 29.8 Å². The highest BCUT2D eigenvalue weighted by Crippen LogP contribution is 2.29. The number of likely N-dealkylation sites (tertiary alicyclic amines) is 1. The van der Waals surface area contributed by atoms with Gasteiger partial charge in [0, 0.05) is 12.1 Å². The molecule has 0 bridgehead atoms. The van der Waals surface area contributed by atoms with Crippen molar-refractivity contribution in [2.45, 2.75) is 82.6 Å². The first kappa shape index (κ1) is 26.6. The SMILES string of the molecule is Cl.NCCCCCCCCCN1CCC(c2ccc(NC3CCC(=O)NC3=O)cc2)CC1. The molecule has 1 aromatic rings.